The van der Waals surface area contributed by atoms with Crippen molar-refractivity contribution in [3.8, 4) is 0 Å². The summed E-state index contributed by atoms with van der Waals surface area (Å²) in [5.41, 5.74) is 5.14. The van der Waals surface area contributed by atoms with Crippen LogP contribution in [0.3, 0.4) is 0 Å². The molecule has 0 rings (SSSR count). The lowest BCUT2D eigenvalue weighted by Gasteiger charge is -2.32. The van der Waals surface area contributed by atoms with Crippen molar-refractivity contribution >= 4 is 5.91 Å². The quantitative estimate of drug-likeness (QED) is 0.733. The second-order valence-corrected chi connectivity index (χ2v) is 4.64. The van der Waals surface area contributed by atoms with Crippen molar-refractivity contribution in [3.63, 3.8) is 0 Å². The standard InChI is InChI=1S/C11H24N2O/c1-6-7-9(2)13(5)10(14)11(3,4)8-12/h9H,6-8,12H2,1-5H3. The van der Waals surface area contributed by atoms with Crippen LogP contribution >= 0.6 is 0 Å². The largest absolute Gasteiger partial charge is 0.343 e. The zero-order chi connectivity index (χ0) is 11.4. The van der Waals surface area contributed by atoms with Crippen molar-refractivity contribution < 1.29 is 4.79 Å². The van der Waals surface area contributed by atoms with E-state index in [1.807, 2.05) is 25.8 Å². The third-order valence-electron chi connectivity index (χ3n) is 2.78. The Balaban J connectivity index is 4.38. The molecule has 1 unspecified atom stereocenters. The van der Waals surface area contributed by atoms with Crippen LogP contribution in [0, 0.1) is 5.41 Å². The molecule has 0 radical (unpaired) electrons. The number of rotatable bonds is 5. The van der Waals surface area contributed by atoms with Gasteiger partial charge >= 0.3 is 0 Å². The summed E-state index contributed by atoms with van der Waals surface area (Å²) in [4.78, 5) is 13.8. The SMILES string of the molecule is CCCC(C)N(C)C(=O)C(C)(C)CN. The fraction of sp³-hybridized carbons (Fsp3) is 0.909. The maximum absolute atomic E-state index is 12.0. The van der Waals surface area contributed by atoms with Gasteiger partial charge in [0, 0.05) is 19.6 Å². The molecule has 0 aliphatic carbocycles. The maximum Gasteiger partial charge on any atom is 0.229 e. The van der Waals surface area contributed by atoms with E-state index >= 15 is 0 Å². The second kappa shape index (κ2) is 5.35. The zero-order valence-electron chi connectivity index (χ0n) is 10.1. The van der Waals surface area contributed by atoms with Crippen molar-refractivity contribution in [1.29, 1.82) is 0 Å². The Morgan fingerprint density at radius 1 is 1.50 bits per heavy atom. The molecule has 0 aromatic rings. The minimum Gasteiger partial charge on any atom is -0.343 e. The highest BCUT2D eigenvalue weighted by molar-refractivity contribution is 5.82. The topological polar surface area (TPSA) is 46.3 Å². The number of nitrogens with zero attached hydrogens (tertiary/aromatic N) is 1. The first-order chi connectivity index (χ1) is 6.36. The second-order valence-electron chi connectivity index (χ2n) is 4.64. The molecule has 0 aromatic carbocycles. The molecule has 3 nitrogen and oxygen atoms in total. The fourth-order valence-corrected chi connectivity index (χ4v) is 1.38. The molecule has 0 aromatic heterocycles. The molecule has 0 saturated heterocycles. The molecular weight excluding hydrogens is 176 g/mol. The van der Waals surface area contributed by atoms with Gasteiger partial charge < -0.3 is 10.6 Å². The zero-order valence-corrected chi connectivity index (χ0v) is 10.1. The van der Waals surface area contributed by atoms with E-state index in [9.17, 15) is 4.79 Å². The van der Waals surface area contributed by atoms with E-state index in [2.05, 4.69) is 13.8 Å². The summed E-state index contributed by atoms with van der Waals surface area (Å²) in [6.45, 7) is 8.39. The predicted octanol–water partition coefficient (Wildman–Crippen LogP) is 1.62. The Bertz CT molecular complexity index is 190. The summed E-state index contributed by atoms with van der Waals surface area (Å²) in [7, 11) is 1.86. The van der Waals surface area contributed by atoms with E-state index in [0.29, 0.717) is 12.6 Å². The Morgan fingerprint density at radius 2 is 2.00 bits per heavy atom. The van der Waals surface area contributed by atoms with Gasteiger partial charge in [-0.3, -0.25) is 4.79 Å². The van der Waals surface area contributed by atoms with Gasteiger partial charge in [-0.1, -0.05) is 13.3 Å². The summed E-state index contributed by atoms with van der Waals surface area (Å²) in [5.74, 6) is 0.140. The number of carbonyl (C=O) groups excluding carboxylic acids is 1. The highest BCUT2D eigenvalue weighted by Gasteiger charge is 2.30. The maximum atomic E-state index is 12.0. The first-order valence-corrected chi connectivity index (χ1v) is 5.34. The van der Waals surface area contributed by atoms with Crippen LogP contribution in [0.4, 0.5) is 0 Å². The molecule has 84 valence electrons. The van der Waals surface area contributed by atoms with Crippen molar-refractivity contribution in [1.82, 2.24) is 4.90 Å². The summed E-state index contributed by atoms with van der Waals surface area (Å²) in [5, 5.41) is 0. The molecule has 1 atom stereocenters. The molecule has 0 bridgehead atoms. The first kappa shape index (κ1) is 13.4. The van der Waals surface area contributed by atoms with Crippen LogP contribution in [0.2, 0.25) is 0 Å². The van der Waals surface area contributed by atoms with E-state index in [1.54, 1.807) is 0 Å². The molecule has 0 saturated carbocycles. The van der Waals surface area contributed by atoms with Gasteiger partial charge in [0.05, 0.1) is 5.41 Å². The van der Waals surface area contributed by atoms with E-state index < -0.39 is 5.41 Å². The lowest BCUT2D eigenvalue weighted by atomic mass is 9.91. The minimum atomic E-state index is -0.434. The van der Waals surface area contributed by atoms with Crippen LogP contribution in [0.15, 0.2) is 0 Å². The Kier molecular flexibility index (Phi) is 5.13. The predicted molar refractivity (Wildman–Crippen MR) is 60.0 cm³/mol. The van der Waals surface area contributed by atoms with Crippen molar-refractivity contribution in [2.75, 3.05) is 13.6 Å². The van der Waals surface area contributed by atoms with Crippen LogP contribution < -0.4 is 5.73 Å². The number of hydrogen-bond donors (Lipinski definition) is 1. The molecule has 2 N–H and O–H groups in total. The van der Waals surface area contributed by atoms with E-state index in [-0.39, 0.29) is 5.91 Å². The molecule has 0 heterocycles. The van der Waals surface area contributed by atoms with Gasteiger partial charge in [-0.2, -0.15) is 0 Å². The van der Waals surface area contributed by atoms with Gasteiger partial charge in [-0.05, 0) is 27.2 Å². The van der Waals surface area contributed by atoms with Gasteiger partial charge in [0.25, 0.3) is 0 Å². The molecule has 0 spiro atoms. The van der Waals surface area contributed by atoms with Gasteiger partial charge in [0.1, 0.15) is 0 Å². The summed E-state index contributed by atoms with van der Waals surface area (Å²) >= 11 is 0. The summed E-state index contributed by atoms with van der Waals surface area (Å²) < 4.78 is 0. The van der Waals surface area contributed by atoms with Crippen LogP contribution in [0.5, 0.6) is 0 Å². The fourth-order valence-electron chi connectivity index (χ4n) is 1.38. The third-order valence-corrected chi connectivity index (χ3v) is 2.78. The summed E-state index contributed by atoms with van der Waals surface area (Å²) in [6.07, 6.45) is 2.14. The minimum absolute atomic E-state index is 0.140. The van der Waals surface area contributed by atoms with Crippen molar-refractivity contribution in [2.45, 2.75) is 46.6 Å². The monoisotopic (exact) mass is 200 g/mol. The van der Waals surface area contributed by atoms with E-state index in [4.69, 9.17) is 5.73 Å². The number of carbonyl (C=O) groups is 1. The molecule has 3 heteroatoms. The lowest BCUT2D eigenvalue weighted by molar-refractivity contribution is -0.140. The Morgan fingerprint density at radius 3 is 2.36 bits per heavy atom. The molecular formula is C11H24N2O. The highest BCUT2D eigenvalue weighted by Crippen LogP contribution is 2.18. The number of amides is 1. The Hall–Kier alpha value is -0.570. The normalized spacial score (nSPS) is 13.9. The molecule has 1 amide bonds. The lowest BCUT2D eigenvalue weighted by Crippen LogP contribution is -2.46. The van der Waals surface area contributed by atoms with Gasteiger partial charge in [-0.15, -0.1) is 0 Å². The Labute approximate surface area is 87.6 Å². The average molecular weight is 200 g/mol. The first-order valence-electron chi connectivity index (χ1n) is 5.34. The van der Waals surface area contributed by atoms with Crippen molar-refractivity contribution in [3.05, 3.63) is 0 Å². The number of nitrogens with two attached hydrogens (primary N) is 1. The average Bonchev–Trinajstić information content (AvgIpc) is 2.15. The van der Waals surface area contributed by atoms with Crippen LogP contribution in [-0.2, 0) is 4.79 Å². The summed E-state index contributed by atoms with van der Waals surface area (Å²) in [6, 6.07) is 0.304. The van der Waals surface area contributed by atoms with Crippen LogP contribution in [0.1, 0.15) is 40.5 Å². The smallest absolute Gasteiger partial charge is 0.229 e. The highest BCUT2D eigenvalue weighted by atomic mass is 16.2. The van der Waals surface area contributed by atoms with Crippen LogP contribution in [-0.4, -0.2) is 30.4 Å². The van der Waals surface area contributed by atoms with Gasteiger partial charge in [-0.25, -0.2) is 0 Å². The van der Waals surface area contributed by atoms with Gasteiger partial charge in [0.2, 0.25) is 5.91 Å². The van der Waals surface area contributed by atoms with Crippen molar-refractivity contribution in [2.24, 2.45) is 11.1 Å². The third kappa shape index (κ3) is 3.29. The van der Waals surface area contributed by atoms with Crippen LogP contribution in [0.25, 0.3) is 0 Å². The molecule has 14 heavy (non-hydrogen) atoms. The number of hydrogen-bond acceptors (Lipinski definition) is 2. The van der Waals surface area contributed by atoms with Gasteiger partial charge in [0.15, 0.2) is 0 Å². The molecule has 0 aliphatic rings. The molecule has 0 fully saturated rings. The van der Waals surface area contributed by atoms with E-state index in [1.165, 1.54) is 0 Å². The van der Waals surface area contributed by atoms with E-state index in [0.717, 1.165) is 12.8 Å². The molecule has 0 aliphatic heterocycles.